The first-order chi connectivity index (χ1) is 6.52. The van der Waals surface area contributed by atoms with Crippen LogP contribution in [0.5, 0.6) is 0 Å². The van der Waals surface area contributed by atoms with Crippen molar-refractivity contribution in [3.63, 3.8) is 0 Å². The SMILES string of the molecule is CC(C)C(c1ccc(Br)cc1)C(C)C. The number of halogens is 1. The summed E-state index contributed by atoms with van der Waals surface area (Å²) in [4.78, 5) is 0. The summed E-state index contributed by atoms with van der Waals surface area (Å²) >= 11 is 3.47. The van der Waals surface area contributed by atoms with Crippen molar-refractivity contribution in [1.82, 2.24) is 0 Å². The summed E-state index contributed by atoms with van der Waals surface area (Å²) in [6.45, 7) is 9.19. The van der Waals surface area contributed by atoms with Crippen molar-refractivity contribution in [3.05, 3.63) is 34.3 Å². The van der Waals surface area contributed by atoms with E-state index >= 15 is 0 Å². The molecule has 0 bridgehead atoms. The number of hydrogen-bond donors (Lipinski definition) is 0. The molecule has 0 N–H and O–H groups in total. The van der Waals surface area contributed by atoms with Gasteiger partial charge in [-0.05, 0) is 35.4 Å². The molecule has 0 saturated carbocycles. The van der Waals surface area contributed by atoms with Crippen molar-refractivity contribution >= 4 is 15.9 Å². The van der Waals surface area contributed by atoms with Gasteiger partial charge in [-0.1, -0.05) is 55.8 Å². The Balaban J connectivity index is 2.94. The maximum atomic E-state index is 3.47. The van der Waals surface area contributed by atoms with Gasteiger partial charge in [0.05, 0.1) is 0 Å². The van der Waals surface area contributed by atoms with Crippen molar-refractivity contribution in [3.8, 4) is 0 Å². The van der Waals surface area contributed by atoms with Crippen LogP contribution in [0.3, 0.4) is 0 Å². The summed E-state index contributed by atoms with van der Waals surface area (Å²) in [5, 5.41) is 0. The van der Waals surface area contributed by atoms with Crippen molar-refractivity contribution in [2.45, 2.75) is 33.6 Å². The topological polar surface area (TPSA) is 0 Å². The average Bonchev–Trinajstić information content (AvgIpc) is 2.07. The second-order valence-electron chi connectivity index (χ2n) is 4.57. The van der Waals surface area contributed by atoms with E-state index in [4.69, 9.17) is 0 Å². The normalized spacial score (nSPS) is 11.7. The van der Waals surface area contributed by atoms with E-state index in [-0.39, 0.29) is 0 Å². The van der Waals surface area contributed by atoms with Gasteiger partial charge in [0, 0.05) is 4.47 Å². The summed E-state index contributed by atoms with van der Waals surface area (Å²) < 4.78 is 1.16. The molecule has 1 heteroatoms. The molecule has 0 fully saturated rings. The van der Waals surface area contributed by atoms with Crippen LogP contribution in [0.2, 0.25) is 0 Å². The van der Waals surface area contributed by atoms with Gasteiger partial charge >= 0.3 is 0 Å². The van der Waals surface area contributed by atoms with Gasteiger partial charge in [0.15, 0.2) is 0 Å². The monoisotopic (exact) mass is 254 g/mol. The molecule has 0 saturated heterocycles. The van der Waals surface area contributed by atoms with Crippen LogP contribution in [-0.4, -0.2) is 0 Å². The molecule has 0 aliphatic carbocycles. The lowest BCUT2D eigenvalue weighted by molar-refractivity contribution is 0.388. The van der Waals surface area contributed by atoms with Crippen LogP contribution in [0, 0.1) is 11.8 Å². The minimum absolute atomic E-state index is 0.670. The van der Waals surface area contributed by atoms with E-state index in [2.05, 4.69) is 67.9 Å². The highest BCUT2D eigenvalue weighted by atomic mass is 79.9. The molecular weight excluding hydrogens is 236 g/mol. The fraction of sp³-hybridized carbons (Fsp3) is 0.538. The molecule has 0 amide bonds. The number of benzene rings is 1. The molecule has 0 spiro atoms. The van der Waals surface area contributed by atoms with Crippen molar-refractivity contribution < 1.29 is 0 Å². The lowest BCUT2D eigenvalue weighted by Crippen LogP contribution is -2.13. The van der Waals surface area contributed by atoms with Crippen LogP contribution in [0.1, 0.15) is 39.2 Å². The predicted octanol–water partition coefficient (Wildman–Crippen LogP) is 4.84. The molecule has 78 valence electrons. The summed E-state index contributed by atoms with van der Waals surface area (Å²) in [6, 6.07) is 8.73. The maximum absolute atomic E-state index is 3.47. The van der Waals surface area contributed by atoms with Crippen LogP contribution in [-0.2, 0) is 0 Å². The van der Waals surface area contributed by atoms with Gasteiger partial charge in [-0.2, -0.15) is 0 Å². The van der Waals surface area contributed by atoms with Gasteiger partial charge in [-0.25, -0.2) is 0 Å². The Bertz CT molecular complexity index is 264. The smallest absolute Gasteiger partial charge is 0.0175 e. The van der Waals surface area contributed by atoms with Crippen LogP contribution in [0.4, 0.5) is 0 Å². The molecule has 1 rings (SSSR count). The Morgan fingerprint density at radius 3 is 1.64 bits per heavy atom. The van der Waals surface area contributed by atoms with Gasteiger partial charge in [-0.15, -0.1) is 0 Å². The Hall–Kier alpha value is -0.300. The summed E-state index contributed by atoms with van der Waals surface area (Å²) in [5.41, 5.74) is 1.46. The van der Waals surface area contributed by atoms with Crippen molar-refractivity contribution in [2.24, 2.45) is 11.8 Å². The first kappa shape index (κ1) is 11.8. The van der Waals surface area contributed by atoms with Crippen LogP contribution in [0.25, 0.3) is 0 Å². The van der Waals surface area contributed by atoms with E-state index in [0.717, 1.165) is 4.47 Å². The molecule has 0 radical (unpaired) electrons. The summed E-state index contributed by atoms with van der Waals surface area (Å²) in [6.07, 6.45) is 0. The fourth-order valence-corrected chi connectivity index (χ4v) is 2.49. The predicted molar refractivity (Wildman–Crippen MR) is 66.6 cm³/mol. The molecular formula is C13H19Br. The Kier molecular flexibility index (Phi) is 4.18. The fourth-order valence-electron chi connectivity index (χ4n) is 2.22. The number of hydrogen-bond acceptors (Lipinski definition) is 0. The van der Waals surface area contributed by atoms with E-state index in [1.54, 1.807) is 0 Å². The third-order valence-corrected chi connectivity index (χ3v) is 3.22. The van der Waals surface area contributed by atoms with E-state index < -0.39 is 0 Å². The summed E-state index contributed by atoms with van der Waals surface area (Å²) in [5.74, 6) is 2.08. The zero-order valence-electron chi connectivity index (χ0n) is 9.42. The quantitative estimate of drug-likeness (QED) is 0.724. The molecule has 0 unspecified atom stereocenters. The third-order valence-electron chi connectivity index (χ3n) is 2.69. The number of rotatable bonds is 3. The Labute approximate surface area is 95.9 Å². The zero-order chi connectivity index (χ0) is 10.7. The first-order valence-electron chi connectivity index (χ1n) is 5.28. The summed E-state index contributed by atoms with van der Waals surface area (Å²) in [7, 11) is 0. The molecule has 0 atom stereocenters. The van der Waals surface area contributed by atoms with E-state index in [9.17, 15) is 0 Å². The lowest BCUT2D eigenvalue weighted by atomic mass is 9.80. The Morgan fingerprint density at radius 1 is 0.857 bits per heavy atom. The lowest BCUT2D eigenvalue weighted by Gasteiger charge is -2.25. The average molecular weight is 255 g/mol. The zero-order valence-corrected chi connectivity index (χ0v) is 11.0. The van der Waals surface area contributed by atoms with Gasteiger partial charge in [0.1, 0.15) is 0 Å². The molecule has 1 aromatic carbocycles. The van der Waals surface area contributed by atoms with E-state index in [1.165, 1.54) is 5.56 Å². The molecule has 0 aliphatic rings. The first-order valence-corrected chi connectivity index (χ1v) is 6.07. The second kappa shape index (κ2) is 4.97. The Morgan fingerprint density at radius 2 is 1.29 bits per heavy atom. The minimum atomic E-state index is 0.670. The molecule has 0 aliphatic heterocycles. The van der Waals surface area contributed by atoms with Crippen molar-refractivity contribution in [1.29, 1.82) is 0 Å². The third kappa shape index (κ3) is 2.84. The van der Waals surface area contributed by atoms with E-state index in [0.29, 0.717) is 17.8 Å². The molecule has 0 nitrogen and oxygen atoms in total. The van der Waals surface area contributed by atoms with Gasteiger partial charge < -0.3 is 0 Å². The van der Waals surface area contributed by atoms with E-state index in [1.807, 2.05) is 0 Å². The van der Waals surface area contributed by atoms with Gasteiger partial charge in [0.2, 0.25) is 0 Å². The highest BCUT2D eigenvalue weighted by molar-refractivity contribution is 9.10. The van der Waals surface area contributed by atoms with Crippen LogP contribution in [0.15, 0.2) is 28.7 Å². The second-order valence-corrected chi connectivity index (χ2v) is 5.48. The maximum Gasteiger partial charge on any atom is 0.0175 e. The largest absolute Gasteiger partial charge is 0.0622 e. The van der Waals surface area contributed by atoms with Gasteiger partial charge in [-0.3, -0.25) is 0 Å². The molecule has 1 aromatic rings. The standard InChI is InChI=1S/C13H19Br/c1-9(2)13(10(3)4)11-5-7-12(14)8-6-11/h5-10,13H,1-4H3. The molecule has 0 aromatic heterocycles. The van der Waals surface area contributed by atoms with Gasteiger partial charge in [0.25, 0.3) is 0 Å². The highest BCUT2D eigenvalue weighted by Crippen LogP contribution is 2.32. The van der Waals surface area contributed by atoms with Crippen LogP contribution < -0.4 is 0 Å². The van der Waals surface area contributed by atoms with Crippen molar-refractivity contribution in [2.75, 3.05) is 0 Å². The molecule has 14 heavy (non-hydrogen) atoms. The highest BCUT2D eigenvalue weighted by Gasteiger charge is 2.18. The van der Waals surface area contributed by atoms with Crippen LogP contribution >= 0.6 is 15.9 Å². The molecule has 0 heterocycles. The minimum Gasteiger partial charge on any atom is -0.0622 e.